The van der Waals surface area contributed by atoms with Crippen LogP contribution in [0.1, 0.15) is 18.1 Å². The van der Waals surface area contributed by atoms with E-state index in [0.29, 0.717) is 49.5 Å². The first-order valence-corrected chi connectivity index (χ1v) is 12.3. The Morgan fingerprint density at radius 2 is 1.89 bits per heavy atom. The summed E-state index contributed by atoms with van der Waals surface area (Å²) in [4.78, 5) is 27.8. The molecule has 3 aromatic carbocycles. The maximum absolute atomic E-state index is 13.1. The first kappa shape index (κ1) is 25.4. The lowest BCUT2D eigenvalue weighted by molar-refractivity contribution is -0.384. The fraction of sp³-hybridized carbons (Fsp3) is 0.120. The molecule has 1 heterocycles. The van der Waals surface area contributed by atoms with Crippen LogP contribution in [0.25, 0.3) is 6.08 Å². The molecule has 1 aliphatic rings. The Kier molecular flexibility index (Phi) is 8.01. The molecule has 1 aliphatic heterocycles. The smallest absolute Gasteiger partial charge is 0.269 e. The number of hydrogen-bond donors (Lipinski definition) is 1. The van der Waals surface area contributed by atoms with E-state index in [1.165, 1.54) is 36.4 Å². The molecule has 0 aliphatic carbocycles. The number of nitrogens with zero attached hydrogens (tertiary/aromatic N) is 2. The van der Waals surface area contributed by atoms with Crippen LogP contribution < -0.4 is 14.8 Å². The zero-order valence-electron chi connectivity index (χ0n) is 18.9. The van der Waals surface area contributed by atoms with Crippen molar-refractivity contribution in [1.82, 2.24) is 5.32 Å². The number of amides is 1. The molecule has 0 atom stereocenters. The van der Waals surface area contributed by atoms with Crippen LogP contribution in [-0.4, -0.2) is 22.6 Å². The molecule has 0 radical (unpaired) electrons. The predicted octanol–water partition coefficient (Wildman–Crippen LogP) is 6.37. The summed E-state index contributed by atoms with van der Waals surface area (Å²) in [7, 11) is 0. The number of carbonyl (C=O) groups excluding carboxylic acids is 1. The van der Waals surface area contributed by atoms with E-state index in [9.17, 15) is 19.3 Å². The summed E-state index contributed by atoms with van der Waals surface area (Å²) in [6.45, 7) is 2.33. The van der Waals surface area contributed by atoms with Crippen LogP contribution in [0.15, 0.2) is 75.0 Å². The average molecular weight is 572 g/mol. The minimum Gasteiger partial charge on any atom is -0.490 e. The van der Waals surface area contributed by atoms with Gasteiger partial charge >= 0.3 is 0 Å². The number of carbonyl (C=O) groups is 1. The quantitative estimate of drug-likeness (QED) is 0.191. The van der Waals surface area contributed by atoms with Gasteiger partial charge in [-0.3, -0.25) is 14.9 Å². The molecule has 11 heteroatoms. The number of benzene rings is 3. The van der Waals surface area contributed by atoms with Gasteiger partial charge < -0.3 is 14.8 Å². The van der Waals surface area contributed by atoms with Gasteiger partial charge in [-0.1, -0.05) is 28.1 Å². The second kappa shape index (κ2) is 11.4. The van der Waals surface area contributed by atoms with E-state index >= 15 is 0 Å². The van der Waals surface area contributed by atoms with Gasteiger partial charge in [-0.15, -0.1) is 0 Å². The van der Waals surface area contributed by atoms with E-state index in [0.717, 1.165) is 11.8 Å². The number of non-ortho nitro benzene ring substituents is 1. The van der Waals surface area contributed by atoms with Crippen molar-refractivity contribution >= 4 is 56.2 Å². The van der Waals surface area contributed by atoms with Gasteiger partial charge in [0.1, 0.15) is 12.4 Å². The Morgan fingerprint density at radius 1 is 1.14 bits per heavy atom. The number of ether oxygens (including phenoxy) is 2. The molecule has 0 aromatic heterocycles. The van der Waals surface area contributed by atoms with E-state index in [-0.39, 0.29) is 24.0 Å². The van der Waals surface area contributed by atoms with Gasteiger partial charge in [0.25, 0.3) is 11.6 Å². The van der Waals surface area contributed by atoms with Crippen molar-refractivity contribution in [1.29, 1.82) is 0 Å². The lowest BCUT2D eigenvalue weighted by Crippen LogP contribution is -2.19. The number of nitro benzene ring substituents is 1. The molecule has 1 amide bonds. The molecule has 3 aromatic rings. The van der Waals surface area contributed by atoms with Crippen molar-refractivity contribution in [3.63, 3.8) is 0 Å². The van der Waals surface area contributed by atoms with Crippen molar-refractivity contribution in [3.8, 4) is 11.5 Å². The van der Waals surface area contributed by atoms with E-state index in [4.69, 9.17) is 9.47 Å². The molecule has 1 fully saturated rings. The summed E-state index contributed by atoms with van der Waals surface area (Å²) in [5, 5.41) is 14.1. The minimum atomic E-state index is -0.457. The van der Waals surface area contributed by atoms with Gasteiger partial charge in [0.05, 0.1) is 22.1 Å². The van der Waals surface area contributed by atoms with Crippen molar-refractivity contribution < 1.29 is 23.6 Å². The van der Waals surface area contributed by atoms with Gasteiger partial charge in [0, 0.05) is 16.6 Å². The number of nitrogens with one attached hydrogen (secondary N) is 1. The van der Waals surface area contributed by atoms with E-state index in [1.807, 2.05) is 6.92 Å². The summed E-state index contributed by atoms with van der Waals surface area (Å²) < 4.78 is 25.4. The number of nitro groups is 1. The minimum absolute atomic E-state index is 0.0149. The van der Waals surface area contributed by atoms with E-state index in [1.54, 1.807) is 30.3 Å². The van der Waals surface area contributed by atoms with Crippen LogP contribution in [0.2, 0.25) is 0 Å². The zero-order valence-corrected chi connectivity index (χ0v) is 21.3. The Labute approximate surface area is 218 Å². The second-order valence-corrected chi connectivity index (χ2v) is 9.31. The van der Waals surface area contributed by atoms with Gasteiger partial charge in [0.15, 0.2) is 16.7 Å². The SMILES string of the molecule is CCOc1cc(/C=C2/SC(=Nc3ccc(F)cc3)NC2=O)c(Br)cc1OCc1cccc([N+](=O)[O-])c1. The largest absolute Gasteiger partial charge is 0.490 e. The topological polar surface area (TPSA) is 103 Å². The van der Waals surface area contributed by atoms with Gasteiger partial charge in [0.2, 0.25) is 0 Å². The number of rotatable bonds is 8. The van der Waals surface area contributed by atoms with Gasteiger partial charge in [-0.2, -0.15) is 0 Å². The summed E-state index contributed by atoms with van der Waals surface area (Å²) in [6, 6.07) is 15.3. The third-order valence-corrected chi connectivity index (χ3v) is 6.47. The second-order valence-electron chi connectivity index (χ2n) is 7.43. The molecular weight excluding hydrogens is 553 g/mol. The maximum Gasteiger partial charge on any atom is 0.269 e. The number of thioether (sulfide) groups is 1. The molecule has 4 rings (SSSR count). The van der Waals surface area contributed by atoms with Crippen LogP contribution in [0.3, 0.4) is 0 Å². The summed E-state index contributed by atoms with van der Waals surface area (Å²) in [5.41, 5.74) is 1.83. The van der Waals surface area contributed by atoms with Crippen molar-refractivity contribution in [2.75, 3.05) is 6.61 Å². The van der Waals surface area contributed by atoms with Crippen LogP contribution >= 0.6 is 27.7 Å². The Balaban J connectivity index is 1.55. The number of aliphatic imine (C=N–C) groups is 1. The van der Waals surface area contributed by atoms with E-state index < -0.39 is 4.92 Å². The lowest BCUT2D eigenvalue weighted by Gasteiger charge is -2.14. The van der Waals surface area contributed by atoms with Gasteiger partial charge in [-0.25, -0.2) is 9.38 Å². The predicted molar refractivity (Wildman–Crippen MR) is 140 cm³/mol. The standard InChI is InChI=1S/C25H19BrFN3O5S/c1-2-34-21-11-16(12-23-24(31)29-25(36-23)28-18-8-6-17(27)7-9-18)20(26)13-22(21)35-14-15-4-3-5-19(10-15)30(32)33/h3-13H,2,14H2,1H3,(H,28,29,31)/b23-12+. The number of halogens is 2. The fourth-order valence-corrected chi connectivity index (χ4v) is 4.49. The molecule has 0 saturated carbocycles. The van der Waals surface area contributed by atoms with Crippen LogP contribution in [0.4, 0.5) is 15.8 Å². The Morgan fingerprint density at radius 3 is 2.61 bits per heavy atom. The molecule has 0 spiro atoms. The van der Waals surface area contributed by atoms with Crippen LogP contribution in [0, 0.1) is 15.9 Å². The first-order valence-electron chi connectivity index (χ1n) is 10.7. The highest BCUT2D eigenvalue weighted by molar-refractivity contribution is 9.10. The van der Waals surface area contributed by atoms with Crippen molar-refractivity contribution in [3.05, 3.63) is 97.1 Å². The molecule has 0 bridgehead atoms. The molecule has 1 saturated heterocycles. The van der Waals surface area contributed by atoms with Crippen LogP contribution in [-0.2, 0) is 11.4 Å². The summed E-state index contributed by atoms with van der Waals surface area (Å²) in [6.07, 6.45) is 1.70. The molecular formula is C25H19BrFN3O5S. The van der Waals surface area contributed by atoms with Crippen molar-refractivity contribution in [2.24, 2.45) is 4.99 Å². The first-order chi connectivity index (χ1) is 17.3. The average Bonchev–Trinajstić information content (AvgIpc) is 3.20. The van der Waals surface area contributed by atoms with Crippen molar-refractivity contribution in [2.45, 2.75) is 13.5 Å². The molecule has 8 nitrogen and oxygen atoms in total. The number of amidine groups is 1. The highest BCUT2D eigenvalue weighted by atomic mass is 79.9. The molecule has 184 valence electrons. The summed E-state index contributed by atoms with van der Waals surface area (Å²) >= 11 is 4.68. The highest BCUT2D eigenvalue weighted by Crippen LogP contribution is 2.37. The van der Waals surface area contributed by atoms with E-state index in [2.05, 4.69) is 26.2 Å². The molecule has 0 unspecified atom stereocenters. The molecule has 36 heavy (non-hydrogen) atoms. The fourth-order valence-electron chi connectivity index (χ4n) is 3.22. The monoisotopic (exact) mass is 571 g/mol. The molecule has 1 N–H and O–H groups in total. The maximum atomic E-state index is 13.1. The number of hydrogen-bond acceptors (Lipinski definition) is 7. The van der Waals surface area contributed by atoms with Crippen LogP contribution in [0.5, 0.6) is 11.5 Å². The normalized spacial score (nSPS) is 15.2. The zero-order chi connectivity index (χ0) is 25.7. The Hall–Kier alpha value is -3.70. The third-order valence-electron chi connectivity index (χ3n) is 4.87. The third kappa shape index (κ3) is 6.29. The van der Waals surface area contributed by atoms with Gasteiger partial charge in [-0.05, 0) is 72.3 Å². The summed E-state index contributed by atoms with van der Waals surface area (Å²) in [5.74, 6) is 0.230. The highest BCUT2D eigenvalue weighted by Gasteiger charge is 2.24. The Bertz CT molecular complexity index is 1380. The lowest BCUT2D eigenvalue weighted by atomic mass is 10.1.